The molecule has 2 aromatic carbocycles. The molecule has 2 atom stereocenters. The number of unbranched alkanes of at least 4 members (excludes halogenated alkanes) is 2. The van der Waals surface area contributed by atoms with E-state index in [1.165, 1.54) is 24.3 Å². The van der Waals surface area contributed by atoms with Crippen LogP contribution in [-0.4, -0.2) is 154 Å². The van der Waals surface area contributed by atoms with Crippen LogP contribution in [0.15, 0.2) is 70.1 Å². The molecule has 2 unspecified atom stereocenters. The van der Waals surface area contributed by atoms with E-state index in [-0.39, 0.29) is 22.8 Å². The summed E-state index contributed by atoms with van der Waals surface area (Å²) in [6.07, 6.45) is 8.53. The first-order valence-corrected chi connectivity index (χ1v) is 24.0. The van der Waals surface area contributed by atoms with Gasteiger partial charge in [-0.05, 0) is 81.5 Å². The molecule has 19 heteroatoms. The molecule has 0 fully saturated rings. The lowest BCUT2D eigenvalue weighted by atomic mass is 9.76. The van der Waals surface area contributed by atoms with Crippen LogP contribution in [0.2, 0.25) is 0 Å². The number of carboxylic acids is 1. The third kappa shape index (κ3) is 14.2. The van der Waals surface area contributed by atoms with Gasteiger partial charge in [0.25, 0.3) is 20.2 Å². The topological polar surface area (TPSA) is 217 Å². The maximum Gasteiger partial charge on any atom is 0.303 e. The molecule has 2 aliphatic rings. The second-order valence-electron chi connectivity index (χ2n) is 15.7. The molecule has 0 saturated heterocycles. The number of aliphatic carboxylic acids is 1. The molecule has 4 rings (SSSR count). The fourth-order valence-electron chi connectivity index (χ4n) is 8.01. The van der Waals surface area contributed by atoms with Gasteiger partial charge >= 0.3 is 5.97 Å². The summed E-state index contributed by atoms with van der Waals surface area (Å²) in [5.74, 6) is -0.868. The number of benzene rings is 2. The summed E-state index contributed by atoms with van der Waals surface area (Å²) in [7, 11) is -4.30. The van der Waals surface area contributed by atoms with Crippen LogP contribution >= 0.6 is 0 Å². The van der Waals surface area contributed by atoms with Gasteiger partial charge in [0.15, 0.2) is 5.71 Å². The van der Waals surface area contributed by atoms with Gasteiger partial charge in [-0.15, -0.1) is 0 Å². The second-order valence-corrected chi connectivity index (χ2v) is 18.5. The van der Waals surface area contributed by atoms with Crippen molar-refractivity contribution in [2.24, 2.45) is 0 Å². The Bertz CT molecular complexity index is 2140. The van der Waals surface area contributed by atoms with Crippen molar-refractivity contribution in [2.75, 3.05) is 112 Å². The predicted octanol–water partition coefficient (Wildman–Crippen LogP) is 5.19. The van der Waals surface area contributed by atoms with Crippen LogP contribution < -0.4 is 4.90 Å². The van der Waals surface area contributed by atoms with Crippen LogP contribution in [0, 0.1) is 0 Å². The van der Waals surface area contributed by atoms with E-state index < -0.39 is 37.0 Å². The van der Waals surface area contributed by atoms with E-state index in [2.05, 4.69) is 9.48 Å². The minimum Gasteiger partial charge on any atom is -0.481 e. The molecule has 0 spiro atoms. The molecule has 0 amide bonds. The second kappa shape index (κ2) is 24.6. The normalized spacial score (nSPS) is 19.5. The Morgan fingerprint density at radius 1 is 0.683 bits per heavy atom. The van der Waals surface area contributed by atoms with E-state index in [4.69, 9.17) is 33.2 Å². The van der Waals surface area contributed by atoms with Gasteiger partial charge in [0.05, 0.1) is 74.7 Å². The molecule has 0 aliphatic carbocycles. The zero-order valence-corrected chi connectivity index (χ0v) is 38.7. The van der Waals surface area contributed by atoms with Gasteiger partial charge in [-0.2, -0.15) is 21.4 Å². The summed E-state index contributed by atoms with van der Waals surface area (Å²) >= 11 is 0. The first-order chi connectivity index (χ1) is 30.0. The average Bonchev–Trinajstić information content (AvgIpc) is 3.60. The van der Waals surface area contributed by atoms with Crippen molar-refractivity contribution in [3.63, 3.8) is 0 Å². The minimum atomic E-state index is -4.55. The number of rotatable bonds is 31. The first kappa shape index (κ1) is 52.0. The van der Waals surface area contributed by atoms with E-state index in [1.54, 1.807) is 33.5 Å². The van der Waals surface area contributed by atoms with Gasteiger partial charge in [-0.3, -0.25) is 13.9 Å². The number of carboxylic acid groups (broad SMARTS) is 1. The zero-order chi connectivity index (χ0) is 46.1. The fraction of sp³-hybridized carbons (Fsp3) is 0.591. The summed E-state index contributed by atoms with van der Waals surface area (Å²) in [5.41, 5.74) is 2.86. The molecule has 3 N–H and O–H groups in total. The summed E-state index contributed by atoms with van der Waals surface area (Å²) in [4.78, 5) is 12.9. The Labute approximate surface area is 372 Å². The highest BCUT2D eigenvalue weighted by Gasteiger charge is 2.48. The molecule has 0 bridgehead atoms. The lowest BCUT2D eigenvalue weighted by Gasteiger charge is -2.30. The van der Waals surface area contributed by atoms with Crippen molar-refractivity contribution in [2.45, 2.75) is 73.0 Å². The smallest absolute Gasteiger partial charge is 0.303 e. The maximum absolute atomic E-state index is 12.5. The van der Waals surface area contributed by atoms with E-state index >= 15 is 0 Å². The molecule has 2 aromatic rings. The zero-order valence-electron chi connectivity index (χ0n) is 37.1. The van der Waals surface area contributed by atoms with Gasteiger partial charge in [-0.1, -0.05) is 6.08 Å². The molecule has 63 heavy (non-hydrogen) atoms. The molecule has 0 saturated carbocycles. The van der Waals surface area contributed by atoms with Crippen molar-refractivity contribution in [3.05, 3.63) is 71.5 Å². The molecule has 352 valence electrons. The number of nitrogens with zero attached hydrogens (tertiary/aromatic N) is 2. The van der Waals surface area contributed by atoms with Crippen LogP contribution in [-0.2, 0) is 69.0 Å². The lowest BCUT2D eigenvalue weighted by Crippen LogP contribution is -2.33. The number of fused-ring (bicyclic) bond motifs is 2. The highest BCUT2D eigenvalue weighted by atomic mass is 32.2. The van der Waals surface area contributed by atoms with Crippen LogP contribution in [0.1, 0.15) is 63.5 Å². The Kier molecular flexibility index (Phi) is 20.3. The predicted molar refractivity (Wildman–Crippen MR) is 236 cm³/mol. The molecule has 0 aromatic heterocycles. The summed E-state index contributed by atoms with van der Waals surface area (Å²) in [5, 5.41) is 9.25. The Hall–Kier alpha value is -3.60. The largest absolute Gasteiger partial charge is 0.481 e. The van der Waals surface area contributed by atoms with Gasteiger partial charge in [-0.25, -0.2) is 0 Å². The maximum atomic E-state index is 12.5. The highest BCUT2D eigenvalue weighted by Crippen LogP contribution is 2.51. The van der Waals surface area contributed by atoms with Crippen molar-refractivity contribution in [1.29, 1.82) is 0 Å². The number of hydrogen-bond donors (Lipinski definition) is 3. The molecule has 2 aliphatic heterocycles. The number of hydrogen-bond acceptors (Lipinski definition) is 13. The average molecular weight is 926 g/mol. The molecular formula is C44H65N2O15S2+. The van der Waals surface area contributed by atoms with Crippen molar-refractivity contribution in [1.82, 2.24) is 0 Å². The van der Waals surface area contributed by atoms with E-state index in [9.17, 15) is 35.8 Å². The monoisotopic (exact) mass is 925 g/mol. The molecule has 2 heterocycles. The summed E-state index contributed by atoms with van der Waals surface area (Å²) in [6.45, 7) is 9.00. The SMILES string of the molecule is COCCOCCOCCC1(C)C(/C=C/C=C2/N(CCOC)c3ccc(S(=O)(=O)O)cc3C2(C)CCOCCOCCOC)=[N+](CCCCCC(=O)O)c2ccc(S(=O)(=O)O)cc21. The molecular weight excluding hydrogens is 861 g/mol. The Morgan fingerprint density at radius 3 is 1.76 bits per heavy atom. The standard InChI is InChI=1S/C44H64N2O15S2/c1-43(17-21-58-28-30-60-26-24-56-4)36-32-34(62(49,50)51)13-15-38(36)45(19-8-6-7-12-42(47)48)40(43)10-9-11-41-44(2,18-22-59-29-31-61-27-25-57-5)37-33-35(63(52,53)54)14-16-39(37)46(41)20-23-55-3/h9-11,13-16,32-33H,6-8,12,17-31H2,1-5H3,(H2-,47,48,49,50,51,52,53,54)/p+1. The lowest BCUT2D eigenvalue weighted by molar-refractivity contribution is -0.438. The number of anilines is 1. The Morgan fingerprint density at radius 2 is 1.21 bits per heavy atom. The fourth-order valence-corrected chi connectivity index (χ4v) is 9.02. The van der Waals surface area contributed by atoms with Crippen molar-refractivity contribution >= 4 is 43.3 Å². The Balaban J connectivity index is 1.81. The summed E-state index contributed by atoms with van der Waals surface area (Å²) in [6, 6.07) is 9.12. The number of carbonyl (C=O) groups is 1. The van der Waals surface area contributed by atoms with E-state index in [1.807, 2.05) is 32.1 Å². The third-order valence-corrected chi connectivity index (χ3v) is 13.1. The van der Waals surface area contributed by atoms with Crippen LogP contribution in [0.5, 0.6) is 0 Å². The minimum absolute atomic E-state index is 0.0439. The van der Waals surface area contributed by atoms with Crippen LogP contribution in [0.3, 0.4) is 0 Å². The molecule has 17 nitrogen and oxygen atoms in total. The van der Waals surface area contributed by atoms with E-state index in [0.717, 1.165) is 22.8 Å². The van der Waals surface area contributed by atoms with Crippen LogP contribution in [0.25, 0.3) is 0 Å². The van der Waals surface area contributed by atoms with Gasteiger partial charge < -0.3 is 43.2 Å². The molecule has 0 radical (unpaired) electrons. The van der Waals surface area contributed by atoms with Crippen molar-refractivity contribution < 1.29 is 73.6 Å². The summed E-state index contributed by atoms with van der Waals surface area (Å²) < 4.78 is 111. The quantitative estimate of drug-likeness (QED) is 0.0504. The van der Waals surface area contributed by atoms with Gasteiger partial charge in [0, 0.05) is 88.4 Å². The first-order valence-electron chi connectivity index (χ1n) is 21.1. The third-order valence-electron chi connectivity index (χ3n) is 11.4. The van der Waals surface area contributed by atoms with E-state index in [0.29, 0.717) is 122 Å². The van der Waals surface area contributed by atoms with Gasteiger partial charge in [0.2, 0.25) is 5.69 Å². The number of methoxy groups -OCH3 is 3. The highest BCUT2D eigenvalue weighted by molar-refractivity contribution is 7.86. The van der Waals surface area contributed by atoms with Gasteiger partial charge in [0.1, 0.15) is 6.54 Å². The number of ether oxygens (including phenoxy) is 7. The number of allylic oxidation sites excluding steroid dienone is 4. The van der Waals surface area contributed by atoms with Crippen LogP contribution in [0.4, 0.5) is 11.4 Å². The van der Waals surface area contributed by atoms with Crippen molar-refractivity contribution in [3.8, 4) is 0 Å².